The maximum absolute atomic E-state index is 7.09. The van der Waals surface area contributed by atoms with E-state index in [0.717, 1.165) is 12.8 Å². The molecule has 4 heteroatoms. The fourth-order valence-corrected chi connectivity index (χ4v) is 10.2. The summed E-state index contributed by atoms with van der Waals surface area (Å²) in [5.41, 5.74) is 6.63. The van der Waals surface area contributed by atoms with Gasteiger partial charge in [-0.15, -0.1) is 0 Å². The van der Waals surface area contributed by atoms with E-state index in [0.29, 0.717) is 22.7 Å². The fourth-order valence-electron chi connectivity index (χ4n) is 7.62. The molecule has 0 aromatic heterocycles. The van der Waals surface area contributed by atoms with Crippen molar-refractivity contribution in [1.29, 1.82) is 0 Å². The van der Waals surface area contributed by atoms with Gasteiger partial charge in [0.1, 0.15) is 0 Å². The van der Waals surface area contributed by atoms with Gasteiger partial charge in [0, 0.05) is 0 Å². The fraction of sp³-hybridized carbons (Fsp3) is 0.800. The summed E-state index contributed by atoms with van der Waals surface area (Å²) < 4.78 is 14.2. The van der Waals surface area contributed by atoms with Crippen LogP contribution in [-0.4, -0.2) is 28.8 Å². The van der Waals surface area contributed by atoms with Crippen molar-refractivity contribution in [2.75, 3.05) is 0 Å². The molecule has 3 aliphatic rings. The lowest BCUT2D eigenvalue weighted by Gasteiger charge is -2.46. The van der Waals surface area contributed by atoms with E-state index in [1.165, 1.54) is 68.1 Å². The van der Waals surface area contributed by atoms with E-state index in [-0.39, 0.29) is 22.3 Å². The zero-order valence-electron chi connectivity index (χ0n) is 31.8. The molecule has 3 saturated carbocycles. The highest BCUT2D eigenvalue weighted by atomic mass is 28.4. The smallest absolute Gasteiger partial charge is 0.192 e. The number of allylic oxidation sites excluding steroid dienone is 4. The Bertz CT molecular complexity index is 1060. The van der Waals surface area contributed by atoms with Gasteiger partial charge >= 0.3 is 0 Å². The molecule has 0 aromatic carbocycles. The molecule has 0 heterocycles. The summed E-state index contributed by atoms with van der Waals surface area (Å²) in [6.07, 6.45) is 17.3. The van der Waals surface area contributed by atoms with E-state index in [9.17, 15) is 0 Å². The molecule has 0 aromatic rings. The second-order valence-corrected chi connectivity index (χ2v) is 28.9. The molecule has 3 fully saturated rings. The summed E-state index contributed by atoms with van der Waals surface area (Å²) in [4.78, 5) is 0. The average Bonchev–Trinajstić information content (AvgIpc) is 3.20. The Morgan fingerprint density at radius 2 is 1.39 bits per heavy atom. The predicted octanol–water partition coefficient (Wildman–Crippen LogP) is 13.0. The van der Waals surface area contributed by atoms with Gasteiger partial charge < -0.3 is 8.85 Å². The first-order valence-corrected chi connectivity index (χ1v) is 23.8. The normalized spacial score (nSPS) is 31.1. The SMILES string of the molecule is C=C(CCCC(C)(C)C)[C@H]1CC[C@H]2/C(=C/C=C3C[C@H](O[Si](C)(C)C(C)(C)C)C(=C)[C@H](O[Si](C)(C)C(C)(C)C)C3)CCC[C@]12C. The molecule has 5 atom stereocenters. The van der Waals surface area contributed by atoms with Crippen LogP contribution in [0.2, 0.25) is 36.3 Å². The lowest BCUT2D eigenvalue weighted by atomic mass is 9.62. The molecule has 2 nitrogen and oxygen atoms in total. The number of fused-ring (bicyclic) bond motifs is 1. The van der Waals surface area contributed by atoms with E-state index in [1.54, 1.807) is 5.57 Å². The van der Waals surface area contributed by atoms with Gasteiger partial charge in [-0.1, -0.05) is 111 Å². The van der Waals surface area contributed by atoms with Crippen LogP contribution < -0.4 is 0 Å². The van der Waals surface area contributed by atoms with Crippen molar-refractivity contribution in [2.24, 2.45) is 22.7 Å². The van der Waals surface area contributed by atoms with Crippen molar-refractivity contribution < 1.29 is 8.85 Å². The van der Waals surface area contributed by atoms with Gasteiger partial charge in [-0.2, -0.15) is 0 Å². The van der Waals surface area contributed by atoms with Gasteiger partial charge in [0.2, 0.25) is 0 Å². The predicted molar refractivity (Wildman–Crippen MR) is 199 cm³/mol. The van der Waals surface area contributed by atoms with Gasteiger partial charge in [-0.25, -0.2) is 0 Å². The number of hydrogen-bond donors (Lipinski definition) is 0. The standard InChI is InChI=1S/C40H72O2Si2/c1-29(19-17-25-37(3,4)5)33-23-24-34-32(20-18-26-40(33,34)12)22-21-31-27-35(41-43(13,14)38(6,7)8)30(2)36(28-31)42-44(15,16)39(9,10)11/h21-22,33-36H,1-2,17-20,23-28H2,3-16H3/b31-21?,32-22+/t33-,34+,35-,36+,40-/m1/s1. The molecular formula is C40H72O2Si2. The average molecular weight is 641 g/mol. The maximum atomic E-state index is 7.09. The summed E-state index contributed by atoms with van der Waals surface area (Å²) >= 11 is 0. The third-order valence-electron chi connectivity index (χ3n) is 12.6. The van der Waals surface area contributed by atoms with Crippen molar-refractivity contribution >= 4 is 16.6 Å². The first-order chi connectivity index (χ1) is 19.9. The molecule has 252 valence electrons. The largest absolute Gasteiger partial charge is 0.410 e. The molecule has 0 bridgehead atoms. The summed E-state index contributed by atoms with van der Waals surface area (Å²) in [5, 5.41) is 0.323. The van der Waals surface area contributed by atoms with Gasteiger partial charge in [-0.3, -0.25) is 0 Å². The monoisotopic (exact) mass is 641 g/mol. The molecular weight excluding hydrogens is 569 g/mol. The van der Waals surface area contributed by atoms with E-state index in [1.807, 2.05) is 0 Å². The minimum absolute atomic E-state index is 0.0352. The number of rotatable bonds is 9. The van der Waals surface area contributed by atoms with Crippen LogP contribution in [0.4, 0.5) is 0 Å². The molecule has 44 heavy (non-hydrogen) atoms. The Labute approximate surface area is 276 Å². The van der Waals surface area contributed by atoms with Gasteiger partial charge in [-0.05, 0) is 129 Å². The highest BCUT2D eigenvalue weighted by Gasteiger charge is 2.50. The first kappa shape index (κ1) is 37.8. The Kier molecular flexibility index (Phi) is 11.5. The second kappa shape index (κ2) is 13.4. The third-order valence-corrected chi connectivity index (χ3v) is 21.6. The van der Waals surface area contributed by atoms with Crippen molar-refractivity contribution in [2.45, 2.75) is 182 Å². The minimum Gasteiger partial charge on any atom is -0.410 e. The topological polar surface area (TPSA) is 18.5 Å². The van der Waals surface area contributed by atoms with Crippen LogP contribution in [0.1, 0.15) is 133 Å². The van der Waals surface area contributed by atoms with Gasteiger partial charge in [0.15, 0.2) is 16.6 Å². The molecule has 0 unspecified atom stereocenters. The van der Waals surface area contributed by atoms with Crippen LogP contribution in [0, 0.1) is 22.7 Å². The van der Waals surface area contributed by atoms with Crippen LogP contribution in [0.25, 0.3) is 0 Å². The van der Waals surface area contributed by atoms with E-state index >= 15 is 0 Å². The molecule has 0 saturated heterocycles. The van der Waals surface area contributed by atoms with Crippen LogP contribution >= 0.6 is 0 Å². The first-order valence-electron chi connectivity index (χ1n) is 18.0. The quantitative estimate of drug-likeness (QED) is 0.184. The van der Waals surface area contributed by atoms with E-state index in [4.69, 9.17) is 15.4 Å². The molecule has 0 spiro atoms. The Morgan fingerprint density at radius 1 is 0.864 bits per heavy atom. The maximum Gasteiger partial charge on any atom is 0.192 e. The summed E-state index contributed by atoms with van der Waals surface area (Å²) in [7, 11) is -3.93. The third kappa shape index (κ3) is 8.81. The van der Waals surface area contributed by atoms with E-state index in [2.05, 4.69) is 114 Å². The van der Waals surface area contributed by atoms with Gasteiger partial charge in [0.05, 0.1) is 12.2 Å². The van der Waals surface area contributed by atoms with Crippen LogP contribution in [-0.2, 0) is 8.85 Å². The molecule has 3 rings (SSSR count). The highest BCUT2D eigenvalue weighted by Crippen LogP contribution is 2.59. The second-order valence-electron chi connectivity index (χ2n) is 19.4. The Balaban J connectivity index is 1.86. The zero-order valence-corrected chi connectivity index (χ0v) is 33.8. The van der Waals surface area contributed by atoms with Crippen molar-refractivity contribution in [1.82, 2.24) is 0 Å². The Hall–Kier alpha value is -0.686. The number of hydrogen-bond acceptors (Lipinski definition) is 2. The van der Waals surface area contributed by atoms with Crippen molar-refractivity contribution in [3.63, 3.8) is 0 Å². The summed E-state index contributed by atoms with van der Waals surface area (Å²) in [5.74, 6) is 1.36. The molecule has 0 aliphatic heterocycles. The van der Waals surface area contributed by atoms with Crippen LogP contribution in [0.5, 0.6) is 0 Å². The molecule has 0 N–H and O–H groups in total. The lowest BCUT2D eigenvalue weighted by Crippen LogP contribution is -2.49. The van der Waals surface area contributed by atoms with Crippen molar-refractivity contribution in [3.8, 4) is 0 Å². The highest BCUT2D eigenvalue weighted by molar-refractivity contribution is 6.74. The molecule has 0 amide bonds. The lowest BCUT2D eigenvalue weighted by molar-refractivity contribution is 0.132. The van der Waals surface area contributed by atoms with Crippen LogP contribution in [0.3, 0.4) is 0 Å². The summed E-state index contributed by atoms with van der Waals surface area (Å²) in [6.45, 7) is 42.6. The minimum atomic E-state index is -1.97. The summed E-state index contributed by atoms with van der Waals surface area (Å²) in [6, 6.07) is 0. The van der Waals surface area contributed by atoms with Crippen molar-refractivity contribution in [3.05, 3.63) is 47.6 Å². The molecule has 3 aliphatic carbocycles. The van der Waals surface area contributed by atoms with E-state index < -0.39 is 16.6 Å². The zero-order chi connectivity index (χ0) is 33.5. The molecule has 0 radical (unpaired) electrons. The van der Waals surface area contributed by atoms with Gasteiger partial charge in [0.25, 0.3) is 0 Å². The van der Waals surface area contributed by atoms with Crippen LogP contribution in [0.15, 0.2) is 47.6 Å². The Morgan fingerprint density at radius 3 is 1.86 bits per heavy atom.